The average Bonchev–Trinajstić information content (AvgIpc) is 2.74. The van der Waals surface area contributed by atoms with Crippen molar-refractivity contribution >= 4 is 44.8 Å². The summed E-state index contributed by atoms with van der Waals surface area (Å²) in [6.07, 6.45) is 0. The second kappa shape index (κ2) is 9.50. The minimum absolute atomic E-state index is 0.0480. The van der Waals surface area contributed by atoms with Gasteiger partial charge in [0.25, 0.3) is 15.9 Å². The molecule has 160 valence electrons. The van der Waals surface area contributed by atoms with Gasteiger partial charge in [-0.05, 0) is 54.6 Å². The molecule has 8 nitrogen and oxygen atoms in total. The van der Waals surface area contributed by atoms with E-state index < -0.39 is 21.8 Å². The predicted molar refractivity (Wildman–Crippen MR) is 118 cm³/mol. The van der Waals surface area contributed by atoms with E-state index in [0.717, 1.165) is 0 Å². The number of benzene rings is 3. The first-order valence-corrected chi connectivity index (χ1v) is 10.8. The van der Waals surface area contributed by atoms with Gasteiger partial charge in [-0.15, -0.1) is 0 Å². The molecule has 0 aliphatic heterocycles. The summed E-state index contributed by atoms with van der Waals surface area (Å²) in [5.41, 5.74) is 6.01. The van der Waals surface area contributed by atoms with Gasteiger partial charge in [-0.3, -0.25) is 14.3 Å². The van der Waals surface area contributed by atoms with Gasteiger partial charge in [0.15, 0.2) is 6.61 Å². The van der Waals surface area contributed by atoms with Gasteiger partial charge >= 0.3 is 0 Å². The van der Waals surface area contributed by atoms with E-state index in [4.69, 9.17) is 22.1 Å². The van der Waals surface area contributed by atoms with Crippen LogP contribution in [0.3, 0.4) is 0 Å². The lowest BCUT2D eigenvalue weighted by Gasteiger charge is -2.11. The number of carbonyl (C=O) groups excluding carboxylic acids is 2. The highest BCUT2D eigenvalue weighted by Crippen LogP contribution is 2.25. The van der Waals surface area contributed by atoms with Crippen LogP contribution in [0.2, 0.25) is 5.02 Å². The second-order valence-electron chi connectivity index (χ2n) is 6.34. The molecule has 0 heterocycles. The second-order valence-corrected chi connectivity index (χ2v) is 8.43. The zero-order valence-corrected chi connectivity index (χ0v) is 17.6. The Labute approximate surface area is 184 Å². The molecule has 3 aromatic carbocycles. The smallest absolute Gasteiger partial charge is 0.262 e. The van der Waals surface area contributed by atoms with Crippen LogP contribution >= 0.6 is 11.6 Å². The quantitative estimate of drug-likeness (QED) is 0.476. The number of rotatable bonds is 8. The van der Waals surface area contributed by atoms with E-state index in [1.165, 1.54) is 42.5 Å². The van der Waals surface area contributed by atoms with Crippen molar-refractivity contribution < 1.29 is 22.7 Å². The normalized spacial score (nSPS) is 10.9. The lowest BCUT2D eigenvalue weighted by atomic mass is 10.2. The molecule has 0 aromatic heterocycles. The number of nitrogens with two attached hydrogens (primary N) is 1. The molecule has 0 bridgehead atoms. The highest BCUT2D eigenvalue weighted by Gasteiger charge is 2.16. The Morgan fingerprint density at radius 2 is 1.68 bits per heavy atom. The molecule has 0 aliphatic carbocycles. The van der Waals surface area contributed by atoms with Gasteiger partial charge in [-0.2, -0.15) is 0 Å². The zero-order valence-electron chi connectivity index (χ0n) is 16.0. The van der Waals surface area contributed by atoms with E-state index in [1.807, 2.05) is 0 Å². The van der Waals surface area contributed by atoms with E-state index in [2.05, 4.69) is 10.0 Å². The van der Waals surface area contributed by atoms with Gasteiger partial charge < -0.3 is 15.8 Å². The zero-order chi connectivity index (χ0) is 22.4. The number of anilines is 2. The van der Waals surface area contributed by atoms with Crippen molar-refractivity contribution in [3.05, 3.63) is 83.4 Å². The highest BCUT2D eigenvalue weighted by atomic mass is 35.5. The summed E-state index contributed by atoms with van der Waals surface area (Å²) in [4.78, 5) is 23.2. The molecule has 0 atom stereocenters. The molecule has 4 N–H and O–H groups in total. The third-order valence-electron chi connectivity index (χ3n) is 4.06. The molecule has 0 saturated heterocycles. The maximum Gasteiger partial charge on any atom is 0.262 e. The number of sulfonamides is 1. The summed E-state index contributed by atoms with van der Waals surface area (Å²) in [6.45, 7) is -0.315. The van der Waals surface area contributed by atoms with Gasteiger partial charge in [0.05, 0.1) is 15.6 Å². The number of nitrogens with one attached hydrogen (secondary N) is 2. The van der Waals surface area contributed by atoms with Crippen LogP contribution in [0.5, 0.6) is 5.75 Å². The van der Waals surface area contributed by atoms with E-state index in [0.29, 0.717) is 11.3 Å². The number of ether oxygens (including phenoxy) is 1. The Morgan fingerprint density at radius 3 is 2.35 bits per heavy atom. The Bertz CT molecular complexity index is 1210. The molecule has 10 heteroatoms. The number of hydrogen-bond donors (Lipinski definition) is 3. The largest absolute Gasteiger partial charge is 0.484 e. The fourth-order valence-electron chi connectivity index (χ4n) is 2.55. The Hall–Kier alpha value is -3.56. The maximum atomic E-state index is 12.6. The van der Waals surface area contributed by atoms with Gasteiger partial charge in [0.2, 0.25) is 5.91 Å². The van der Waals surface area contributed by atoms with Crippen LogP contribution in [-0.2, 0) is 14.8 Å². The van der Waals surface area contributed by atoms with Crippen molar-refractivity contribution in [2.75, 3.05) is 16.6 Å². The van der Waals surface area contributed by atoms with Crippen molar-refractivity contribution in [2.24, 2.45) is 5.73 Å². The van der Waals surface area contributed by atoms with Crippen LogP contribution < -0.4 is 20.5 Å². The van der Waals surface area contributed by atoms with E-state index >= 15 is 0 Å². The number of primary amides is 1. The summed E-state index contributed by atoms with van der Waals surface area (Å²) in [5, 5.41) is 2.83. The summed E-state index contributed by atoms with van der Waals surface area (Å²) in [7, 11) is -3.92. The van der Waals surface area contributed by atoms with Crippen molar-refractivity contribution in [2.45, 2.75) is 4.90 Å². The van der Waals surface area contributed by atoms with E-state index in [-0.39, 0.29) is 27.9 Å². The average molecular weight is 460 g/mol. The summed E-state index contributed by atoms with van der Waals surface area (Å²) in [6, 6.07) is 18.2. The molecule has 0 saturated carbocycles. The van der Waals surface area contributed by atoms with Crippen LogP contribution in [0, 0.1) is 0 Å². The monoisotopic (exact) mass is 459 g/mol. The SMILES string of the molecule is NC(=O)c1ccc(OCC(=O)Nc2cccc(S(=O)(=O)Nc3ccccc3Cl)c2)cc1. The fourth-order valence-corrected chi connectivity index (χ4v) is 3.91. The van der Waals surface area contributed by atoms with Gasteiger partial charge in [-0.25, -0.2) is 8.42 Å². The van der Waals surface area contributed by atoms with Crippen molar-refractivity contribution in [3.8, 4) is 5.75 Å². The molecule has 0 aliphatic rings. The highest BCUT2D eigenvalue weighted by molar-refractivity contribution is 7.92. The Balaban J connectivity index is 1.63. The minimum atomic E-state index is -3.92. The van der Waals surface area contributed by atoms with Crippen molar-refractivity contribution in [1.82, 2.24) is 0 Å². The lowest BCUT2D eigenvalue weighted by Crippen LogP contribution is -2.20. The molecule has 0 spiro atoms. The first-order valence-electron chi connectivity index (χ1n) is 8.94. The predicted octanol–water partition coefficient (Wildman–Crippen LogP) is 3.26. The summed E-state index contributed by atoms with van der Waals surface area (Å²) < 4.78 is 33.0. The summed E-state index contributed by atoms with van der Waals surface area (Å²) >= 11 is 6.01. The van der Waals surface area contributed by atoms with Crippen LogP contribution in [0.1, 0.15) is 10.4 Å². The number of hydrogen-bond acceptors (Lipinski definition) is 5. The molecule has 0 fully saturated rings. The molecule has 0 radical (unpaired) electrons. The fraction of sp³-hybridized carbons (Fsp3) is 0.0476. The number of halogens is 1. The molecular formula is C21H18ClN3O5S. The molecule has 0 unspecified atom stereocenters. The third kappa shape index (κ3) is 5.97. The standard InChI is InChI=1S/C21H18ClN3O5S/c22-18-6-1-2-7-19(18)25-31(28,29)17-5-3-4-15(12-17)24-20(26)13-30-16-10-8-14(9-11-16)21(23)27/h1-12,25H,13H2,(H2,23,27)(H,24,26). The van der Waals surface area contributed by atoms with E-state index in [9.17, 15) is 18.0 Å². The molecule has 3 rings (SSSR count). The van der Waals surface area contributed by atoms with Crippen LogP contribution in [0.15, 0.2) is 77.7 Å². The van der Waals surface area contributed by atoms with Crippen LogP contribution in [0.4, 0.5) is 11.4 Å². The molecule has 3 aromatic rings. The Morgan fingerprint density at radius 1 is 0.968 bits per heavy atom. The van der Waals surface area contributed by atoms with Gasteiger partial charge in [0, 0.05) is 11.3 Å². The molecular weight excluding hydrogens is 442 g/mol. The topological polar surface area (TPSA) is 128 Å². The first-order chi connectivity index (χ1) is 14.7. The van der Waals surface area contributed by atoms with Gasteiger partial charge in [0.1, 0.15) is 5.75 Å². The Kier molecular flexibility index (Phi) is 6.78. The summed E-state index contributed by atoms with van der Waals surface area (Å²) in [5.74, 6) is -0.684. The molecule has 2 amide bonds. The number of para-hydroxylation sites is 1. The number of carbonyl (C=O) groups is 2. The maximum absolute atomic E-state index is 12.6. The van der Waals surface area contributed by atoms with Crippen LogP contribution in [0.25, 0.3) is 0 Å². The lowest BCUT2D eigenvalue weighted by molar-refractivity contribution is -0.118. The van der Waals surface area contributed by atoms with Gasteiger partial charge in [-0.1, -0.05) is 29.8 Å². The van der Waals surface area contributed by atoms with E-state index in [1.54, 1.807) is 30.3 Å². The molecule has 31 heavy (non-hydrogen) atoms. The number of amides is 2. The van der Waals surface area contributed by atoms with Crippen molar-refractivity contribution in [1.29, 1.82) is 0 Å². The minimum Gasteiger partial charge on any atom is -0.484 e. The van der Waals surface area contributed by atoms with Crippen LogP contribution in [-0.4, -0.2) is 26.8 Å². The first kappa shape index (κ1) is 22.1. The van der Waals surface area contributed by atoms with Crippen molar-refractivity contribution in [3.63, 3.8) is 0 Å². The third-order valence-corrected chi connectivity index (χ3v) is 5.75.